The van der Waals surface area contributed by atoms with E-state index in [4.69, 9.17) is 16.3 Å². The Morgan fingerprint density at radius 3 is 2.54 bits per heavy atom. The van der Waals surface area contributed by atoms with Crippen molar-refractivity contribution in [3.05, 3.63) is 64.7 Å². The smallest absolute Gasteiger partial charge is 0.259 e. The molecule has 0 aromatic heterocycles. The maximum Gasteiger partial charge on any atom is 0.259 e. The summed E-state index contributed by atoms with van der Waals surface area (Å²) in [5.74, 6) is -0.131. The van der Waals surface area contributed by atoms with E-state index in [1.54, 1.807) is 55.6 Å². The number of rotatable bonds is 6. The molecule has 0 bridgehead atoms. The number of halogens is 1. The second kappa shape index (κ2) is 8.69. The molecule has 24 heavy (non-hydrogen) atoms. The van der Waals surface area contributed by atoms with Crippen molar-refractivity contribution < 1.29 is 14.3 Å². The zero-order valence-corrected chi connectivity index (χ0v) is 13.7. The highest BCUT2D eigenvalue weighted by atomic mass is 35.5. The summed E-state index contributed by atoms with van der Waals surface area (Å²) in [6, 6.07) is 13.8. The number of hydrazone groups is 1. The number of methoxy groups -OCH3 is 1. The van der Waals surface area contributed by atoms with Crippen LogP contribution in [0.2, 0.25) is 5.02 Å². The van der Waals surface area contributed by atoms with Crippen LogP contribution in [0.15, 0.2) is 53.6 Å². The second-order valence-electron chi connectivity index (χ2n) is 4.73. The highest BCUT2D eigenvalue weighted by Crippen LogP contribution is 2.14. The minimum atomic E-state index is -0.444. The molecule has 0 radical (unpaired) electrons. The van der Waals surface area contributed by atoms with Crippen molar-refractivity contribution >= 4 is 29.6 Å². The number of nitrogens with one attached hydrogen (secondary N) is 2. The van der Waals surface area contributed by atoms with Crippen LogP contribution in [0.5, 0.6) is 5.75 Å². The number of carbonyl (C=O) groups excluding carboxylic acids is 2. The average molecular weight is 346 g/mol. The number of nitrogens with zero attached hydrogens (tertiary/aromatic N) is 1. The van der Waals surface area contributed by atoms with Gasteiger partial charge in [-0.3, -0.25) is 9.59 Å². The molecule has 0 saturated carbocycles. The van der Waals surface area contributed by atoms with Gasteiger partial charge in [-0.05, 0) is 42.0 Å². The SMILES string of the molecule is COc1ccc(/C=N/NC(=O)CNC(=O)c2ccccc2Cl)cc1. The molecule has 124 valence electrons. The Balaban J connectivity index is 1.79. The molecule has 2 aromatic rings. The molecule has 0 fully saturated rings. The van der Waals surface area contributed by atoms with Crippen LogP contribution < -0.4 is 15.5 Å². The molecule has 0 aliphatic carbocycles. The Hall–Kier alpha value is -2.86. The molecule has 6 nitrogen and oxygen atoms in total. The topological polar surface area (TPSA) is 79.8 Å². The van der Waals surface area contributed by atoms with Crippen LogP contribution in [-0.4, -0.2) is 31.7 Å². The number of amides is 2. The molecule has 0 aliphatic heterocycles. The van der Waals surface area contributed by atoms with Gasteiger partial charge < -0.3 is 10.1 Å². The standard InChI is InChI=1S/C17H16ClN3O3/c1-24-13-8-6-12(7-9-13)10-20-21-16(22)11-19-17(23)14-4-2-3-5-15(14)18/h2-10H,11H2,1H3,(H,19,23)(H,21,22)/b20-10+. The van der Waals surface area contributed by atoms with Gasteiger partial charge in [0.25, 0.3) is 11.8 Å². The summed E-state index contributed by atoms with van der Waals surface area (Å²) in [4.78, 5) is 23.6. The van der Waals surface area contributed by atoms with Crippen LogP contribution >= 0.6 is 11.6 Å². The Morgan fingerprint density at radius 2 is 1.88 bits per heavy atom. The van der Waals surface area contributed by atoms with Crippen molar-refractivity contribution in [2.24, 2.45) is 5.10 Å². The minimum Gasteiger partial charge on any atom is -0.497 e. The van der Waals surface area contributed by atoms with Crippen molar-refractivity contribution in [3.8, 4) is 5.75 Å². The van der Waals surface area contributed by atoms with Crippen LogP contribution in [-0.2, 0) is 4.79 Å². The van der Waals surface area contributed by atoms with E-state index >= 15 is 0 Å². The fourth-order valence-corrected chi connectivity index (χ4v) is 2.03. The van der Waals surface area contributed by atoms with Crippen molar-refractivity contribution in [1.29, 1.82) is 0 Å². The summed E-state index contributed by atoms with van der Waals surface area (Å²) in [7, 11) is 1.58. The Bertz CT molecular complexity index is 745. The summed E-state index contributed by atoms with van der Waals surface area (Å²) >= 11 is 5.91. The lowest BCUT2D eigenvalue weighted by atomic mass is 10.2. The Labute approximate surface area is 144 Å². The number of hydrogen-bond donors (Lipinski definition) is 2. The third-order valence-corrected chi connectivity index (χ3v) is 3.38. The van der Waals surface area contributed by atoms with E-state index in [-0.39, 0.29) is 6.54 Å². The lowest BCUT2D eigenvalue weighted by Gasteiger charge is -2.05. The molecule has 0 spiro atoms. The van der Waals surface area contributed by atoms with E-state index in [0.29, 0.717) is 10.6 Å². The normalized spacial score (nSPS) is 10.4. The summed E-state index contributed by atoms with van der Waals surface area (Å²) in [5.41, 5.74) is 3.45. The first-order valence-corrected chi connectivity index (χ1v) is 7.46. The summed E-state index contributed by atoms with van der Waals surface area (Å²) in [5, 5.41) is 6.63. The maximum atomic E-state index is 11.9. The van der Waals surface area contributed by atoms with E-state index in [1.807, 2.05) is 0 Å². The van der Waals surface area contributed by atoms with Gasteiger partial charge in [0.15, 0.2) is 0 Å². The molecule has 0 aliphatic rings. The van der Waals surface area contributed by atoms with Gasteiger partial charge in [0.2, 0.25) is 0 Å². The summed E-state index contributed by atoms with van der Waals surface area (Å²) in [6.45, 7) is -0.204. The maximum absolute atomic E-state index is 11.9. The number of ether oxygens (including phenoxy) is 1. The second-order valence-corrected chi connectivity index (χ2v) is 5.14. The van der Waals surface area contributed by atoms with Crippen molar-refractivity contribution in [2.75, 3.05) is 13.7 Å². The first kappa shape index (κ1) is 17.5. The molecule has 0 heterocycles. The lowest BCUT2D eigenvalue weighted by molar-refractivity contribution is -0.120. The third-order valence-electron chi connectivity index (χ3n) is 3.05. The third kappa shape index (κ3) is 5.10. The monoisotopic (exact) mass is 345 g/mol. The van der Waals surface area contributed by atoms with Crippen LogP contribution in [0.4, 0.5) is 0 Å². The number of benzene rings is 2. The van der Waals surface area contributed by atoms with Crippen LogP contribution in [0.3, 0.4) is 0 Å². The predicted molar refractivity (Wildman–Crippen MR) is 92.5 cm³/mol. The predicted octanol–water partition coefficient (Wildman–Crippen LogP) is 2.23. The van der Waals surface area contributed by atoms with Gasteiger partial charge in [-0.2, -0.15) is 5.10 Å². The zero-order valence-electron chi connectivity index (χ0n) is 13.0. The van der Waals surface area contributed by atoms with E-state index < -0.39 is 11.8 Å². The molecule has 0 unspecified atom stereocenters. The molecule has 2 aromatic carbocycles. The summed E-state index contributed by atoms with van der Waals surface area (Å²) in [6.07, 6.45) is 1.49. The van der Waals surface area contributed by atoms with Gasteiger partial charge in [0.1, 0.15) is 5.75 Å². The van der Waals surface area contributed by atoms with Crippen molar-refractivity contribution in [1.82, 2.24) is 10.7 Å². The molecule has 2 rings (SSSR count). The summed E-state index contributed by atoms with van der Waals surface area (Å²) < 4.78 is 5.05. The van der Waals surface area contributed by atoms with Crippen LogP contribution in [0.25, 0.3) is 0 Å². The largest absolute Gasteiger partial charge is 0.497 e. The average Bonchev–Trinajstić information content (AvgIpc) is 2.60. The molecule has 0 atom stereocenters. The van der Waals surface area contributed by atoms with Gasteiger partial charge in [0.05, 0.1) is 30.5 Å². The Kier molecular flexibility index (Phi) is 6.33. The molecular weight excluding hydrogens is 330 g/mol. The number of carbonyl (C=O) groups is 2. The van der Waals surface area contributed by atoms with Gasteiger partial charge in [-0.25, -0.2) is 5.43 Å². The van der Waals surface area contributed by atoms with E-state index in [2.05, 4.69) is 15.8 Å². The van der Waals surface area contributed by atoms with E-state index in [0.717, 1.165) is 11.3 Å². The van der Waals surface area contributed by atoms with Gasteiger partial charge in [0, 0.05) is 0 Å². The Morgan fingerprint density at radius 1 is 1.17 bits per heavy atom. The fraction of sp³-hybridized carbons (Fsp3) is 0.118. The van der Waals surface area contributed by atoms with Crippen LogP contribution in [0.1, 0.15) is 15.9 Å². The molecular formula is C17H16ClN3O3. The van der Waals surface area contributed by atoms with E-state index in [9.17, 15) is 9.59 Å². The van der Waals surface area contributed by atoms with Gasteiger partial charge >= 0.3 is 0 Å². The van der Waals surface area contributed by atoms with Crippen LogP contribution in [0, 0.1) is 0 Å². The highest BCUT2D eigenvalue weighted by molar-refractivity contribution is 6.33. The lowest BCUT2D eigenvalue weighted by Crippen LogP contribution is -2.35. The highest BCUT2D eigenvalue weighted by Gasteiger charge is 2.10. The van der Waals surface area contributed by atoms with E-state index in [1.165, 1.54) is 6.21 Å². The molecule has 2 amide bonds. The minimum absolute atomic E-state index is 0.204. The molecule has 0 saturated heterocycles. The fourth-order valence-electron chi connectivity index (χ4n) is 1.81. The van der Waals surface area contributed by atoms with Gasteiger partial charge in [-0.15, -0.1) is 0 Å². The molecule has 7 heteroatoms. The zero-order chi connectivity index (χ0) is 17.4. The first-order valence-electron chi connectivity index (χ1n) is 7.09. The van der Waals surface area contributed by atoms with Gasteiger partial charge in [-0.1, -0.05) is 23.7 Å². The van der Waals surface area contributed by atoms with Crippen molar-refractivity contribution in [3.63, 3.8) is 0 Å². The number of hydrogen-bond acceptors (Lipinski definition) is 4. The van der Waals surface area contributed by atoms with Crippen molar-refractivity contribution in [2.45, 2.75) is 0 Å². The quantitative estimate of drug-likeness (QED) is 0.622. The molecule has 2 N–H and O–H groups in total. The first-order chi connectivity index (χ1) is 11.6.